The molecule has 1 heterocycles. The van der Waals surface area contributed by atoms with Crippen molar-refractivity contribution in [3.05, 3.63) is 22.0 Å². The van der Waals surface area contributed by atoms with E-state index in [1.54, 1.807) is 6.07 Å². The van der Waals surface area contributed by atoms with Crippen LogP contribution < -0.4 is 5.73 Å². The SMILES string of the molecule is Nc1c(O)ccc2cc(Br)sc12. The first-order chi connectivity index (χ1) is 5.68. The van der Waals surface area contributed by atoms with Crippen LogP contribution in [0.1, 0.15) is 0 Å². The maximum atomic E-state index is 9.29. The molecule has 4 heteroatoms. The number of rotatable bonds is 0. The highest BCUT2D eigenvalue weighted by molar-refractivity contribution is 9.11. The molecule has 0 radical (unpaired) electrons. The van der Waals surface area contributed by atoms with Crippen molar-refractivity contribution >= 4 is 43.0 Å². The first kappa shape index (κ1) is 7.89. The summed E-state index contributed by atoms with van der Waals surface area (Å²) in [5.74, 6) is 0.150. The fraction of sp³-hybridized carbons (Fsp3) is 0. The lowest BCUT2D eigenvalue weighted by Crippen LogP contribution is -1.84. The summed E-state index contributed by atoms with van der Waals surface area (Å²) in [6, 6.07) is 5.44. The predicted octanol–water partition coefficient (Wildman–Crippen LogP) is 2.95. The van der Waals surface area contributed by atoms with Crippen molar-refractivity contribution in [2.75, 3.05) is 5.73 Å². The third-order valence-corrected chi connectivity index (χ3v) is 3.36. The third kappa shape index (κ3) is 1.07. The fourth-order valence-electron chi connectivity index (χ4n) is 1.08. The molecule has 0 unspecified atom stereocenters. The van der Waals surface area contributed by atoms with E-state index in [9.17, 15) is 5.11 Å². The molecule has 3 N–H and O–H groups in total. The molecule has 0 amide bonds. The number of nitrogen functional groups attached to an aromatic ring is 1. The number of phenolic OH excluding ortho intramolecular Hbond substituents is 1. The molecule has 12 heavy (non-hydrogen) atoms. The van der Waals surface area contributed by atoms with E-state index >= 15 is 0 Å². The van der Waals surface area contributed by atoms with Crippen molar-refractivity contribution in [3.63, 3.8) is 0 Å². The van der Waals surface area contributed by atoms with E-state index in [0.717, 1.165) is 13.9 Å². The standard InChI is InChI=1S/C8H6BrNOS/c9-6-3-4-1-2-5(11)7(10)8(4)12-6/h1-3,11H,10H2. The van der Waals surface area contributed by atoms with Gasteiger partial charge in [-0.15, -0.1) is 11.3 Å². The second kappa shape index (κ2) is 2.64. The Labute approximate surface area is 81.8 Å². The van der Waals surface area contributed by atoms with Crippen LogP contribution in [0.2, 0.25) is 0 Å². The van der Waals surface area contributed by atoms with Crippen molar-refractivity contribution in [3.8, 4) is 5.75 Å². The zero-order valence-electron chi connectivity index (χ0n) is 6.04. The Kier molecular flexibility index (Phi) is 1.73. The van der Waals surface area contributed by atoms with Crippen LogP contribution in [-0.2, 0) is 0 Å². The number of phenols is 1. The lowest BCUT2D eigenvalue weighted by atomic mass is 10.2. The lowest BCUT2D eigenvalue weighted by molar-refractivity contribution is 0.479. The van der Waals surface area contributed by atoms with E-state index in [0.29, 0.717) is 5.69 Å². The Morgan fingerprint density at radius 3 is 2.92 bits per heavy atom. The lowest BCUT2D eigenvalue weighted by Gasteiger charge is -1.97. The number of anilines is 1. The highest BCUT2D eigenvalue weighted by Gasteiger charge is 2.05. The first-order valence-corrected chi connectivity index (χ1v) is 4.96. The molecule has 0 aliphatic carbocycles. The van der Waals surface area contributed by atoms with Crippen LogP contribution in [0.15, 0.2) is 22.0 Å². The van der Waals surface area contributed by atoms with Crippen LogP contribution in [0.3, 0.4) is 0 Å². The fourth-order valence-corrected chi connectivity index (χ4v) is 2.66. The summed E-state index contributed by atoms with van der Waals surface area (Å²) in [5, 5.41) is 10.4. The predicted molar refractivity (Wildman–Crippen MR) is 55.6 cm³/mol. The maximum absolute atomic E-state index is 9.29. The van der Waals surface area contributed by atoms with Crippen molar-refractivity contribution in [1.29, 1.82) is 0 Å². The van der Waals surface area contributed by atoms with Crippen LogP contribution in [0.5, 0.6) is 5.75 Å². The van der Waals surface area contributed by atoms with Crippen LogP contribution >= 0.6 is 27.3 Å². The molecule has 0 bridgehead atoms. The minimum Gasteiger partial charge on any atom is -0.506 e. The van der Waals surface area contributed by atoms with Crippen molar-refractivity contribution < 1.29 is 5.11 Å². The van der Waals surface area contributed by atoms with Gasteiger partial charge in [0, 0.05) is 0 Å². The van der Waals surface area contributed by atoms with Crippen LogP contribution in [0.25, 0.3) is 10.1 Å². The Bertz CT molecular complexity index is 438. The average molecular weight is 244 g/mol. The van der Waals surface area contributed by atoms with Gasteiger partial charge < -0.3 is 10.8 Å². The highest BCUT2D eigenvalue weighted by Crippen LogP contribution is 2.37. The molecule has 0 spiro atoms. The van der Waals surface area contributed by atoms with E-state index < -0.39 is 0 Å². The molecular formula is C8H6BrNOS. The van der Waals surface area contributed by atoms with Gasteiger partial charge in [0.15, 0.2) is 0 Å². The third-order valence-electron chi connectivity index (χ3n) is 1.67. The number of aromatic hydroxyl groups is 1. The van der Waals surface area contributed by atoms with E-state index in [2.05, 4.69) is 15.9 Å². The van der Waals surface area contributed by atoms with Gasteiger partial charge in [-0.2, -0.15) is 0 Å². The van der Waals surface area contributed by atoms with Crippen LogP contribution in [0, 0.1) is 0 Å². The van der Waals surface area contributed by atoms with Crippen molar-refractivity contribution in [2.24, 2.45) is 0 Å². The molecule has 2 nitrogen and oxygen atoms in total. The molecule has 0 saturated carbocycles. The van der Waals surface area contributed by atoms with Gasteiger partial charge in [0.2, 0.25) is 0 Å². The van der Waals surface area contributed by atoms with Gasteiger partial charge >= 0.3 is 0 Å². The number of halogens is 1. The molecule has 1 aromatic heterocycles. The first-order valence-electron chi connectivity index (χ1n) is 3.35. The zero-order chi connectivity index (χ0) is 8.72. The summed E-state index contributed by atoms with van der Waals surface area (Å²) < 4.78 is 1.96. The van der Waals surface area contributed by atoms with Crippen LogP contribution in [0.4, 0.5) is 5.69 Å². The molecule has 0 atom stereocenters. The molecule has 0 aliphatic heterocycles. The second-order valence-corrected chi connectivity index (χ2v) is 4.90. The zero-order valence-corrected chi connectivity index (χ0v) is 8.45. The molecule has 2 aromatic rings. The van der Waals surface area contributed by atoms with E-state index in [-0.39, 0.29) is 5.75 Å². The molecule has 0 saturated heterocycles. The summed E-state index contributed by atoms with van der Waals surface area (Å²) in [6.45, 7) is 0. The number of nitrogens with two attached hydrogens (primary N) is 1. The van der Waals surface area contributed by atoms with Crippen molar-refractivity contribution in [2.45, 2.75) is 0 Å². The molecule has 62 valence electrons. The van der Waals surface area contributed by atoms with Crippen LogP contribution in [-0.4, -0.2) is 5.11 Å². The normalized spacial score (nSPS) is 10.8. The number of hydrogen-bond acceptors (Lipinski definition) is 3. The minimum absolute atomic E-state index is 0.150. The summed E-state index contributed by atoms with van der Waals surface area (Å²) in [7, 11) is 0. The Hall–Kier alpha value is -0.740. The summed E-state index contributed by atoms with van der Waals surface area (Å²) in [5.41, 5.74) is 6.13. The Morgan fingerprint density at radius 1 is 1.42 bits per heavy atom. The van der Waals surface area contributed by atoms with Gasteiger partial charge in [-0.05, 0) is 39.5 Å². The topological polar surface area (TPSA) is 46.2 Å². The smallest absolute Gasteiger partial charge is 0.139 e. The largest absolute Gasteiger partial charge is 0.506 e. The van der Waals surface area contributed by atoms with Gasteiger partial charge in [0.25, 0.3) is 0 Å². The summed E-state index contributed by atoms with van der Waals surface area (Å²) >= 11 is 4.89. The number of thiophene rings is 1. The summed E-state index contributed by atoms with van der Waals surface area (Å²) in [4.78, 5) is 0. The van der Waals surface area contributed by atoms with E-state index in [1.807, 2.05) is 12.1 Å². The maximum Gasteiger partial charge on any atom is 0.139 e. The molecule has 0 aliphatic rings. The van der Waals surface area contributed by atoms with Gasteiger partial charge in [-0.25, -0.2) is 0 Å². The van der Waals surface area contributed by atoms with Gasteiger partial charge in [0.05, 0.1) is 14.2 Å². The van der Waals surface area contributed by atoms with Crippen molar-refractivity contribution in [1.82, 2.24) is 0 Å². The number of benzene rings is 1. The Morgan fingerprint density at radius 2 is 2.17 bits per heavy atom. The molecule has 2 rings (SSSR count). The average Bonchev–Trinajstić information content (AvgIpc) is 2.39. The quantitative estimate of drug-likeness (QED) is 0.552. The molecular weight excluding hydrogens is 238 g/mol. The van der Waals surface area contributed by atoms with E-state index in [4.69, 9.17) is 5.73 Å². The monoisotopic (exact) mass is 243 g/mol. The van der Waals surface area contributed by atoms with Gasteiger partial charge in [0.1, 0.15) is 5.75 Å². The second-order valence-electron chi connectivity index (χ2n) is 2.47. The van der Waals surface area contributed by atoms with E-state index in [1.165, 1.54) is 11.3 Å². The minimum atomic E-state index is 0.150. The number of fused-ring (bicyclic) bond motifs is 1. The highest BCUT2D eigenvalue weighted by atomic mass is 79.9. The summed E-state index contributed by atoms with van der Waals surface area (Å²) in [6.07, 6.45) is 0. The van der Waals surface area contributed by atoms with Gasteiger partial charge in [-0.1, -0.05) is 0 Å². The molecule has 0 fully saturated rings. The number of hydrogen-bond donors (Lipinski definition) is 2. The van der Waals surface area contributed by atoms with Gasteiger partial charge in [-0.3, -0.25) is 0 Å². The Balaban J connectivity index is 2.89. The molecule has 1 aromatic carbocycles.